The van der Waals surface area contributed by atoms with Crippen LogP contribution in [-0.2, 0) is 0 Å². The Bertz CT molecular complexity index is 610. The Kier molecular flexibility index (Phi) is 4.08. The number of benzene rings is 1. The maximum atomic E-state index is 8.88. The van der Waals surface area contributed by atoms with E-state index >= 15 is 0 Å². The van der Waals surface area contributed by atoms with Crippen molar-refractivity contribution >= 4 is 23.4 Å². The van der Waals surface area contributed by atoms with Crippen molar-refractivity contribution in [2.75, 3.05) is 7.11 Å². The number of hydrogen-bond donors (Lipinski definition) is 0. The average Bonchev–Trinajstić information content (AvgIpc) is 2.38. The Hall–Kier alpha value is -1.70. The zero-order chi connectivity index (χ0) is 13.0. The first-order chi connectivity index (χ1) is 8.72. The van der Waals surface area contributed by atoms with Crippen molar-refractivity contribution in [2.24, 2.45) is 0 Å². The van der Waals surface area contributed by atoms with Crippen molar-refractivity contribution in [1.82, 2.24) is 4.98 Å². The van der Waals surface area contributed by atoms with Gasteiger partial charge in [0.1, 0.15) is 15.9 Å². The third-order valence-corrected chi connectivity index (χ3v) is 3.35. The molecule has 0 spiro atoms. The Balaban J connectivity index is 2.34. The van der Waals surface area contributed by atoms with Crippen LogP contribution in [0.3, 0.4) is 0 Å². The number of hydrogen-bond acceptors (Lipinski definition) is 4. The molecule has 18 heavy (non-hydrogen) atoms. The van der Waals surface area contributed by atoms with E-state index in [2.05, 4.69) is 11.1 Å². The molecule has 0 saturated heterocycles. The van der Waals surface area contributed by atoms with Crippen LogP contribution in [0, 0.1) is 11.3 Å². The summed E-state index contributed by atoms with van der Waals surface area (Å²) in [6.07, 6.45) is 0. The molecule has 0 radical (unpaired) electrons. The third-order valence-electron chi connectivity index (χ3n) is 2.18. The summed E-state index contributed by atoms with van der Waals surface area (Å²) < 4.78 is 5.26. The topological polar surface area (TPSA) is 45.9 Å². The molecule has 0 aliphatic carbocycles. The smallest absolute Gasteiger partial charge is 0.132 e. The van der Waals surface area contributed by atoms with Gasteiger partial charge in [-0.05, 0) is 24.3 Å². The summed E-state index contributed by atoms with van der Waals surface area (Å²) in [6, 6.07) is 12.9. The Morgan fingerprint density at radius 3 is 2.83 bits per heavy atom. The maximum absolute atomic E-state index is 8.88. The van der Waals surface area contributed by atoms with Gasteiger partial charge in [-0.15, -0.1) is 0 Å². The fraction of sp³-hybridized carbons (Fsp3) is 0.0769. The number of halogens is 1. The summed E-state index contributed by atoms with van der Waals surface area (Å²) >= 11 is 7.27. The van der Waals surface area contributed by atoms with E-state index in [-0.39, 0.29) is 0 Å². The molecule has 0 amide bonds. The van der Waals surface area contributed by atoms with Crippen LogP contribution in [0.15, 0.2) is 46.3 Å². The van der Waals surface area contributed by atoms with E-state index in [0.29, 0.717) is 15.7 Å². The molecule has 5 heteroatoms. The minimum atomic E-state index is 0.312. The SMILES string of the molecule is COc1ccccc1Sc1cc(C#N)cc(Cl)n1. The number of ether oxygens (including phenoxy) is 1. The second kappa shape index (κ2) is 5.76. The van der Waals surface area contributed by atoms with E-state index in [1.165, 1.54) is 17.8 Å². The number of rotatable bonds is 3. The molecular weight excluding hydrogens is 268 g/mol. The molecular formula is C13H9ClN2OS. The first kappa shape index (κ1) is 12.7. The summed E-state index contributed by atoms with van der Waals surface area (Å²) in [7, 11) is 1.62. The van der Waals surface area contributed by atoms with E-state index in [0.717, 1.165) is 10.6 Å². The van der Waals surface area contributed by atoms with Gasteiger partial charge in [0.05, 0.1) is 23.6 Å². The van der Waals surface area contributed by atoms with Crippen molar-refractivity contribution in [3.8, 4) is 11.8 Å². The Morgan fingerprint density at radius 2 is 2.11 bits per heavy atom. The van der Waals surface area contributed by atoms with E-state index in [1.807, 2.05) is 24.3 Å². The molecule has 2 aromatic rings. The van der Waals surface area contributed by atoms with Crippen molar-refractivity contribution in [1.29, 1.82) is 5.26 Å². The Morgan fingerprint density at radius 1 is 1.33 bits per heavy atom. The van der Waals surface area contributed by atoms with Crippen LogP contribution in [0.4, 0.5) is 0 Å². The molecule has 0 N–H and O–H groups in total. The fourth-order valence-corrected chi connectivity index (χ4v) is 2.62. The van der Waals surface area contributed by atoms with E-state index < -0.39 is 0 Å². The molecule has 0 aliphatic heterocycles. The lowest BCUT2D eigenvalue weighted by atomic mass is 10.3. The lowest BCUT2D eigenvalue weighted by molar-refractivity contribution is 0.405. The Labute approximate surface area is 114 Å². The minimum Gasteiger partial charge on any atom is -0.496 e. The average molecular weight is 277 g/mol. The molecule has 0 bridgehead atoms. The highest BCUT2D eigenvalue weighted by atomic mass is 35.5. The van der Waals surface area contributed by atoms with Crippen LogP contribution in [0.1, 0.15) is 5.56 Å². The van der Waals surface area contributed by atoms with Gasteiger partial charge in [0, 0.05) is 0 Å². The normalized spacial score (nSPS) is 9.83. The number of nitriles is 1. The predicted octanol–water partition coefficient (Wildman–Crippen LogP) is 3.77. The van der Waals surface area contributed by atoms with Crippen LogP contribution in [0.5, 0.6) is 5.75 Å². The van der Waals surface area contributed by atoms with E-state index in [1.54, 1.807) is 13.2 Å². The van der Waals surface area contributed by atoms with Gasteiger partial charge >= 0.3 is 0 Å². The molecule has 3 nitrogen and oxygen atoms in total. The maximum Gasteiger partial charge on any atom is 0.132 e. The van der Waals surface area contributed by atoms with Gasteiger partial charge in [0.15, 0.2) is 0 Å². The summed E-state index contributed by atoms with van der Waals surface area (Å²) in [5.41, 5.74) is 0.493. The molecule has 1 aromatic heterocycles. The summed E-state index contributed by atoms with van der Waals surface area (Å²) in [6.45, 7) is 0. The van der Waals surface area contributed by atoms with Gasteiger partial charge in [0.25, 0.3) is 0 Å². The van der Waals surface area contributed by atoms with Gasteiger partial charge in [-0.2, -0.15) is 5.26 Å². The lowest BCUT2D eigenvalue weighted by Crippen LogP contribution is -1.88. The van der Waals surface area contributed by atoms with Gasteiger partial charge < -0.3 is 4.74 Å². The highest BCUT2D eigenvalue weighted by Crippen LogP contribution is 2.34. The van der Waals surface area contributed by atoms with Crippen LogP contribution in [0.2, 0.25) is 5.15 Å². The first-order valence-electron chi connectivity index (χ1n) is 5.11. The van der Waals surface area contributed by atoms with Crippen molar-refractivity contribution < 1.29 is 4.74 Å². The molecule has 0 saturated carbocycles. The van der Waals surface area contributed by atoms with Gasteiger partial charge in [0.2, 0.25) is 0 Å². The number of aromatic nitrogens is 1. The van der Waals surface area contributed by atoms with Crippen molar-refractivity contribution in [3.05, 3.63) is 47.1 Å². The molecule has 0 aliphatic rings. The van der Waals surface area contributed by atoms with Crippen molar-refractivity contribution in [3.63, 3.8) is 0 Å². The molecule has 90 valence electrons. The van der Waals surface area contributed by atoms with Gasteiger partial charge in [-0.25, -0.2) is 4.98 Å². The van der Waals surface area contributed by atoms with Crippen molar-refractivity contribution in [2.45, 2.75) is 9.92 Å². The van der Waals surface area contributed by atoms with Crippen LogP contribution >= 0.6 is 23.4 Å². The second-order valence-corrected chi connectivity index (χ2v) is 4.83. The van der Waals surface area contributed by atoms with E-state index in [9.17, 15) is 0 Å². The van der Waals surface area contributed by atoms with Crippen LogP contribution in [-0.4, -0.2) is 12.1 Å². The fourth-order valence-electron chi connectivity index (χ4n) is 1.41. The number of para-hydroxylation sites is 1. The second-order valence-electron chi connectivity index (χ2n) is 3.38. The molecule has 1 aromatic carbocycles. The highest BCUT2D eigenvalue weighted by Gasteiger charge is 2.07. The minimum absolute atomic E-state index is 0.312. The highest BCUT2D eigenvalue weighted by molar-refractivity contribution is 7.99. The third kappa shape index (κ3) is 2.95. The number of pyridine rings is 1. The summed E-state index contributed by atoms with van der Waals surface area (Å²) in [5, 5.41) is 9.86. The molecule has 0 unspecified atom stereocenters. The lowest BCUT2D eigenvalue weighted by Gasteiger charge is -2.07. The zero-order valence-electron chi connectivity index (χ0n) is 9.55. The first-order valence-corrected chi connectivity index (χ1v) is 6.31. The monoisotopic (exact) mass is 276 g/mol. The summed E-state index contributed by atoms with van der Waals surface area (Å²) in [5.74, 6) is 0.766. The number of methoxy groups -OCH3 is 1. The zero-order valence-corrected chi connectivity index (χ0v) is 11.1. The van der Waals surface area contributed by atoms with Crippen LogP contribution in [0.25, 0.3) is 0 Å². The molecule has 0 atom stereocenters. The number of nitrogens with zero attached hydrogens (tertiary/aromatic N) is 2. The van der Waals surface area contributed by atoms with Gasteiger partial charge in [-0.3, -0.25) is 0 Å². The molecule has 0 fully saturated rings. The molecule has 1 heterocycles. The van der Waals surface area contributed by atoms with Gasteiger partial charge in [-0.1, -0.05) is 35.5 Å². The van der Waals surface area contributed by atoms with Crippen LogP contribution < -0.4 is 4.74 Å². The predicted molar refractivity (Wildman–Crippen MR) is 71.1 cm³/mol. The summed E-state index contributed by atoms with van der Waals surface area (Å²) in [4.78, 5) is 5.10. The largest absolute Gasteiger partial charge is 0.496 e. The van der Waals surface area contributed by atoms with E-state index in [4.69, 9.17) is 21.6 Å². The molecule has 2 rings (SSSR count). The quantitative estimate of drug-likeness (QED) is 0.801. The standard InChI is InChI=1S/C13H9ClN2OS/c1-17-10-4-2-3-5-11(10)18-13-7-9(8-15)6-12(14)16-13/h2-7H,1H3.